The van der Waals surface area contributed by atoms with Gasteiger partial charge in [0.05, 0.1) is 34.0 Å². The zero-order valence-electron chi connectivity index (χ0n) is 18.7. The molecule has 0 unspecified atom stereocenters. The van der Waals surface area contributed by atoms with E-state index in [1.54, 1.807) is 13.2 Å². The van der Waals surface area contributed by atoms with E-state index in [0.29, 0.717) is 46.2 Å². The van der Waals surface area contributed by atoms with Crippen LogP contribution in [0.2, 0.25) is 0 Å². The third-order valence-electron chi connectivity index (χ3n) is 5.36. The number of rotatable bonds is 11. The third kappa shape index (κ3) is 4.39. The second-order valence-corrected chi connectivity index (χ2v) is 7.42. The molecule has 0 bridgehead atoms. The molecule has 1 heterocycles. The Morgan fingerprint density at radius 1 is 1.06 bits per heavy atom. The maximum absolute atomic E-state index is 13.3. The van der Waals surface area contributed by atoms with Gasteiger partial charge in [0.25, 0.3) is 0 Å². The molecule has 1 aromatic heterocycles. The summed E-state index contributed by atoms with van der Waals surface area (Å²) in [5, 5.41) is 3.34. The monoisotopic (exact) mass is 430 g/mol. The Morgan fingerprint density at radius 3 is 2.32 bits per heavy atom. The molecule has 0 spiro atoms. The number of H-pyrrole nitrogens is 1. The standard InChI is InChI=1S/C23H30N2O6/c1-6-11-24-12-15-17(14-9-10-16(28-2)22(30-4)21(14)29-3)18(20(26)13-7-8-13)19(25-15)23(27)31-5/h9-10,13,24-25H,6-8,11-12H2,1-5H3. The zero-order chi connectivity index (χ0) is 22.5. The lowest BCUT2D eigenvalue weighted by Crippen LogP contribution is -2.15. The summed E-state index contributed by atoms with van der Waals surface area (Å²) in [5.41, 5.74) is 2.48. The van der Waals surface area contributed by atoms with E-state index in [9.17, 15) is 9.59 Å². The first-order valence-corrected chi connectivity index (χ1v) is 10.4. The van der Waals surface area contributed by atoms with Crippen LogP contribution in [-0.4, -0.2) is 51.7 Å². The third-order valence-corrected chi connectivity index (χ3v) is 5.36. The number of esters is 1. The number of aromatic amines is 1. The first-order chi connectivity index (χ1) is 15.0. The normalized spacial score (nSPS) is 13.1. The zero-order valence-corrected chi connectivity index (χ0v) is 18.7. The van der Waals surface area contributed by atoms with Crippen molar-refractivity contribution in [1.29, 1.82) is 0 Å². The van der Waals surface area contributed by atoms with Gasteiger partial charge in [-0.15, -0.1) is 0 Å². The minimum absolute atomic E-state index is 0.0646. The van der Waals surface area contributed by atoms with Crippen molar-refractivity contribution in [3.63, 3.8) is 0 Å². The van der Waals surface area contributed by atoms with Crippen LogP contribution in [0.25, 0.3) is 11.1 Å². The Kier molecular flexibility index (Phi) is 7.22. The minimum Gasteiger partial charge on any atom is -0.493 e. The highest BCUT2D eigenvalue weighted by atomic mass is 16.5. The molecule has 2 N–H and O–H groups in total. The molecule has 0 radical (unpaired) electrons. The Bertz CT molecular complexity index is 961. The van der Waals surface area contributed by atoms with E-state index in [1.165, 1.54) is 21.3 Å². The van der Waals surface area contributed by atoms with Crippen molar-refractivity contribution < 1.29 is 28.5 Å². The largest absolute Gasteiger partial charge is 0.493 e. The molecule has 3 rings (SSSR count). The van der Waals surface area contributed by atoms with Crippen molar-refractivity contribution >= 4 is 11.8 Å². The van der Waals surface area contributed by atoms with Gasteiger partial charge >= 0.3 is 5.97 Å². The molecule has 1 aliphatic rings. The molecule has 1 aliphatic carbocycles. The molecule has 8 nitrogen and oxygen atoms in total. The topological polar surface area (TPSA) is 98.9 Å². The molecule has 168 valence electrons. The molecular weight excluding hydrogens is 400 g/mol. The van der Waals surface area contributed by atoms with Gasteiger partial charge in [-0.3, -0.25) is 4.79 Å². The summed E-state index contributed by atoms with van der Waals surface area (Å²) in [4.78, 5) is 29.1. The first-order valence-electron chi connectivity index (χ1n) is 10.4. The number of benzene rings is 1. The van der Waals surface area contributed by atoms with Crippen molar-refractivity contribution in [1.82, 2.24) is 10.3 Å². The van der Waals surface area contributed by atoms with Crippen LogP contribution in [0.15, 0.2) is 12.1 Å². The maximum Gasteiger partial charge on any atom is 0.355 e. The number of hydrogen-bond acceptors (Lipinski definition) is 7. The van der Waals surface area contributed by atoms with E-state index >= 15 is 0 Å². The smallest absolute Gasteiger partial charge is 0.355 e. The van der Waals surface area contributed by atoms with E-state index in [2.05, 4.69) is 17.2 Å². The van der Waals surface area contributed by atoms with Crippen LogP contribution >= 0.6 is 0 Å². The highest BCUT2D eigenvalue weighted by molar-refractivity contribution is 6.13. The van der Waals surface area contributed by atoms with Gasteiger partial charge in [-0.25, -0.2) is 4.79 Å². The molecule has 1 aromatic carbocycles. The van der Waals surface area contributed by atoms with Crippen LogP contribution in [-0.2, 0) is 11.3 Å². The Morgan fingerprint density at radius 2 is 1.77 bits per heavy atom. The Labute approximate surface area is 182 Å². The summed E-state index contributed by atoms with van der Waals surface area (Å²) in [6, 6.07) is 3.58. The SMILES string of the molecule is CCCNCc1[nH]c(C(=O)OC)c(C(=O)C2CC2)c1-c1ccc(OC)c(OC)c1OC. The van der Waals surface area contributed by atoms with Gasteiger partial charge in [-0.05, 0) is 37.9 Å². The minimum atomic E-state index is -0.577. The van der Waals surface area contributed by atoms with E-state index in [0.717, 1.165) is 25.8 Å². The number of carbonyl (C=O) groups excluding carboxylic acids is 2. The molecule has 0 atom stereocenters. The average molecular weight is 431 g/mol. The van der Waals surface area contributed by atoms with E-state index in [1.807, 2.05) is 6.07 Å². The number of ketones is 1. The summed E-state index contributed by atoms with van der Waals surface area (Å²) in [5.74, 6) is 0.629. The molecule has 8 heteroatoms. The van der Waals surface area contributed by atoms with Crippen LogP contribution in [0.3, 0.4) is 0 Å². The lowest BCUT2D eigenvalue weighted by atomic mass is 9.94. The number of methoxy groups -OCH3 is 4. The Balaban J connectivity index is 2.29. The van der Waals surface area contributed by atoms with Crippen LogP contribution in [0, 0.1) is 5.92 Å². The summed E-state index contributed by atoms with van der Waals surface area (Å²) < 4.78 is 21.6. The van der Waals surface area contributed by atoms with E-state index < -0.39 is 5.97 Å². The van der Waals surface area contributed by atoms with Gasteiger partial charge in [-0.2, -0.15) is 0 Å². The highest BCUT2D eigenvalue weighted by Gasteiger charge is 2.38. The van der Waals surface area contributed by atoms with Gasteiger partial charge in [0.2, 0.25) is 5.75 Å². The number of ether oxygens (including phenoxy) is 4. The fraction of sp³-hybridized carbons (Fsp3) is 0.478. The van der Waals surface area contributed by atoms with Crippen molar-refractivity contribution in [3.05, 3.63) is 29.1 Å². The highest BCUT2D eigenvalue weighted by Crippen LogP contribution is 2.48. The molecule has 0 amide bonds. The molecular formula is C23H30N2O6. The van der Waals surface area contributed by atoms with E-state index in [4.69, 9.17) is 18.9 Å². The Hall–Kier alpha value is -3.00. The van der Waals surface area contributed by atoms with Gasteiger partial charge in [0.1, 0.15) is 5.69 Å². The van der Waals surface area contributed by atoms with Gasteiger partial charge in [-0.1, -0.05) is 6.92 Å². The molecule has 0 aliphatic heterocycles. The van der Waals surface area contributed by atoms with E-state index in [-0.39, 0.29) is 17.4 Å². The summed E-state index contributed by atoms with van der Waals surface area (Å²) >= 11 is 0. The predicted molar refractivity (Wildman–Crippen MR) is 116 cm³/mol. The van der Waals surface area contributed by atoms with Crippen LogP contribution in [0.4, 0.5) is 0 Å². The molecule has 0 saturated heterocycles. The number of carbonyl (C=O) groups is 2. The number of aromatic nitrogens is 1. The molecule has 2 aromatic rings. The van der Waals surface area contributed by atoms with Crippen molar-refractivity contribution in [3.8, 4) is 28.4 Å². The van der Waals surface area contributed by atoms with Gasteiger partial charge < -0.3 is 29.2 Å². The summed E-state index contributed by atoms with van der Waals surface area (Å²) in [7, 11) is 5.91. The molecule has 1 saturated carbocycles. The van der Waals surface area contributed by atoms with Crippen molar-refractivity contribution in [2.24, 2.45) is 5.92 Å². The maximum atomic E-state index is 13.3. The van der Waals surface area contributed by atoms with Crippen LogP contribution in [0.5, 0.6) is 17.2 Å². The van der Waals surface area contributed by atoms with Gasteiger partial charge in [0, 0.05) is 29.3 Å². The predicted octanol–water partition coefficient (Wildman–Crippen LogP) is 3.59. The molecule has 1 fully saturated rings. The quantitative estimate of drug-likeness (QED) is 0.319. The number of hydrogen-bond donors (Lipinski definition) is 2. The molecule has 31 heavy (non-hydrogen) atoms. The lowest BCUT2D eigenvalue weighted by Gasteiger charge is -2.17. The summed E-state index contributed by atoms with van der Waals surface area (Å²) in [6.07, 6.45) is 2.58. The van der Waals surface area contributed by atoms with Crippen LogP contribution < -0.4 is 19.5 Å². The van der Waals surface area contributed by atoms with Gasteiger partial charge in [0.15, 0.2) is 17.3 Å². The second-order valence-electron chi connectivity index (χ2n) is 7.42. The fourth-order valence-electron chi connectivity index (χ4n) is 3.72. The van der Waals surface area contributed by atoms with Crippen molar-refractivity contribution in [2.75, 3.05) is 35.0 Å². The van der Waals surface area contributed by atoms with Crippen molar-refractivity contribution in [2.45, 2.75) is 32.7 Å². The lowest BCUT2D eigenvalue weighted by molar-refractivity contribution is 0.0590. The number of Topliss-reactive ketones (excluding diaryl/α,β-unsaturated/α-hetero) is 1. The van der Waals surface area contributed by atoms with Crippen LogP contribution in [0.1, 0.15) is 52.7 Å². The average Bonchev–Trinajstić information content (AvgIpc) is 3.58. The first kappa shape index (κ1) is 22.7. The second kappa shape index (κ2) is 9.87. The fourth-order valence-corrected chi connectivity index (χ4v) is 3.72. The number of nitrogens with one attached hydrogen (secondary N) is 2. The summed E-state index contributed by atoms with van der Waals surface area (Å²) in [6.45, 7) is 3.31.